The van der Waals surface area contributed by atoms with E-state index in [9.17, 15) is 0 Å². The molecule has 1 fully saturated rings. The molecule has 0 aromatic carbocycles. The molecule has 0 radical (unpaired) electrons. The molecular weight excluding hydrogens is 240 g/mol. The number of hydrogen-bond donors (Lipinski definition) is 3. The number of amidine groups is 1. The molecule has 0 unspecified atom stereocenters. The van der Waals surface area contributed by atoms with Crippen molar-refractivity contribution in [2.75, 3.05) is 19.6 Å². The van der Waals surface area contributed by atoms with Crippen LogP contribution >= 0.6 is 0 Å². The quantitative estimate of drug-likeness (QED) is 0.196. The number of hydrogen-bond acceptors (Lipinski definition) is 4. The minimum Gasteiger partial charge on any atom is -0.409 e. The average Bonchev–Trinajstić information content (AvgIpc) is 3.07. The van der Waals surface area contributed by atoms with Crippen molar-refractivity contribution < 1.29 is 5.21 Å². The van der Waals surface area contributed by atoms with Gasteiger partial charge in [0.05, 0.1) is 0 Å². The Morgan fingerprint density at radius 1 is 1.32 bits per heavy atom. The van der Waals surface area contributed by atoms with Crippen molar-refractivity contribution in [2.24, 2.45) is 16.3 Å². The summed E-state index contributed by atoms with van der Waals surface area (Å²) < 4.78 is 0. The second-order valence-corrected chi connectivity index (χ2v) is 6.37. The van der Waals surface area contributed by atoms with Gasteiger partial charge in [0.25, 0.3) is 0 Å². The highest BCUT2D eigenvalue weighted by Gasteiger charge is 2.42. The summed E-state index contributed by atoms with van der Waals surface area (Å²) in [6, 6.07) is 1.16. The third kappa shape index (κ3) is 5.37. The number of nitrogens with two attached hydrogens (primary N) is 1. The monoisotopic (exact) mass is 270 g/mol. The first-order valence-electron chi connectivity index (χ1n) is 7.33. The second kappa shape index (κ2) is 7.10. The molecule has 5 nitrogen and oxygen atoms in total. The van der Waals surface area contributed by atoms with Crippen LogP contribution in [0.5, 0.6) is 0 Å². The summed E-state index contributed by atoms with van der Waals surface area (Å²) in [6.45, 7) is 12.0. The van der Waals surface area contributed by atoms with E-state index in [1.807, 2.05) is 0 Å². The molecule has 0 saturated heterocycles. The van der Waals surface area contributed by atoms with Crippen LogP contribution in [-0.2, 0) is 0 Å². The first kappa shape index (κ1) is 16.2. The molecule has 0 atom stereocenters. The predicted octanol–water partition coefficient (Wildman–Crippen LogP) is 1.61. The van der Waals surface area contributed by atoms with E-state index < -0.39 is 0 Å². The van der Waals surface area contributed by atoms with Gasteiger partial charge in [0.2, 0.25) is 0 Å². The number of oxime groups is 1. The van der Waals surface area contributed by atoms with Gasteiger partial charge in [0, 0.05) is 38.1 Å². The Kier molecular flexibility index (Phi) is 6.07. The van der Waals surface area contributed by atoms with Gasteiger partial charge in [-0.1, -0.05) is 5.16 Å². The van der Waals surface area contributed by atoms with Crippen molar-refractivity contribution in [3.8, 4) is 0 Å². The Morgan fingerprint density at radius 3 is 2.32 bits per heavy atom. The fourth-order valence-corrected chi connectivity index (χ4v) is 2.69. The third-order valence-electron chi connectivity index (χ3n) is 4.02. The molecule has 1 rings (SSSR count). The molecule has 112 valence electrons. The van der Waals surface area contributed by atoms with E-state index in [1.165, 1.54) is 12.8 Å². The molecule has 0 heterocycles. The van der Waals surface area contributed by atoms with Gasteiger partial charge in [0.1, 0.15) is 5.84 Å². The van der Waals surface area contributed by atoms with Crippen LogP contribution < -0.4 is 11.1 Å². The van der Waals surface area contributed by atoms with Crippen LogP contribution in [0.3, 0.4) is 0 Å². The predicted molar refractivity (Wildman–Crippen MR) is 79.5 cm³/mol. The highest BCUT2D eigenvalue weighted by atomic mass is 16.4. The van der Waals surface area contributed by atoms with Crippen molar-refractivity contribution in [3.05, 3.63) is 0 Å². The molecule has 5 heteroatoms. The van der Waals surface area contributed by atoms with Crippen molar-refractivity contribution in [3.63, 3.8) is 0 Å². The largest absolute Gasteiger partial charge is 0.409 e. The van der Waals surface area contributed by atoms with Gasteiger partial charge in [-0.05, 0) is 46.0 Å². The van der Waals surface area contributed by atoms with Gasteiger partial charge < -0.3 is 16.3 Å². The number of nitrogens with one attached hydrogen (secondary N) is 1. The molecular formula is C14H30N4O. The second-order valence-electron chi connectivity index (χ2n) is 6.37. The maximum Gasteiger partial charge on any atom is 0.139 e. The summed E-state index contributed by atoms with van der Waals surface area (Å²) in [5, 5.41) is 15.2. The van der Waals surface area contributed by atoms with Crippen molar-refractivity contribution in [1.82, 2.24) is 10.2 Å². The molecule has 4 N–H and O–H groups in total. The Morgan fingerprint density at radius 2 is 1.89 bits per heavy atom. The van der Waals surface area contributed by atoms with Crippen LogP contribution in [-0.4, -0.2) is 47.7 Å². The zero-order valence-corrected chi connectivity index (χ0v) is 12.8. The van der Waals surface area contributed by atoms with E-state index in [-0.39, 0.29) is 5.41 Å². The lowest BCUT2D eigenvalue weighted by Crippen LogP contribution is -2.42. The first-order chi connectivity index (χ1) is 8.90. The maximum atomic E-state index is 8.63. The summed E-state index contributed by atoms with van der Waals surface area (Å²) in [4.78, 5) is 2.48. The Hall–Kier alpha value is -0.810. The minimum absolute atomic E-state index is 0.247. The van der Waals surface area contributed by atoms with Gasteiger partial charge in [-0.25, -0.2) is 0 Å². The first-order valence-corrected chi connectivity index (χ1v) is 7.33. The highest BCUT2D eigenvalue weighted by molar-refractivity contribution is 5.80. The van der Waals surface area contributed by atoms with E-state index in [0.717, 1.165) is 19.6 Å². The Bertz CT molecular complexity index is 290. The zero-order chi connectivity index (χ0) is 14.5. The molecule has 19 heavy (non-hydrogen) atoms. The van der Waals surface area contributed by atoms with Crippen molar-refractivity contribution in [1.29, 1.82) is 0 Å². The molecule has 1 saturated carbocycles. The minimum atomic E-state index is 0.247. The van der Waals surface area contributed by atoms with E-state index in [1.54, 1.807) is 0 Å². The van der Waals surface area contributed by atoms with Crippen LogP contribution in [0.2, 0.25) is 0 Å². The SMILES string of the molecule is CC(C)N(CCNCC1(CC(N)=NO)CC1)C(C)C. The topological polar surface area (TPSA) is 73.9 Å². The van der Waals surface area contributed by atoms with E-state index >= 15 is 0 Å². The van der Waals surface area contributed by atoms with Crippen LogP contribution in [0.25, 0.3) is 0 Å². The smallest absolute Gasteiger partial charge is 0.139 e. The lowest BCUT2D eigenvalue weighted by atomic mass is 10.0. The van der Waals surface area contributed by atoms with Crippen LogP contribution in [0.15, 0.2) is 5.16 Å². The summed E-state index contributed by atoms with van der Waals surface area (Å²) >= 11 is 0. The lowest BCUT2D eigenvalue weighted by molar-refractivity contribution is 0.175. The molecule has 0 aromatic rings. The van der Waals surface area contributed by atoms with Crippen LogP contribution in [0.4, 0.5) is 0 Å². The standard InChI is InChI=1S/C14H30N4O/c1-11(2)18(12(3)4)8-7-16-10-14(5-6-14)9-13(15)17-19/h11-12,16,19H,5-10H2,1-4H3,(H2,15,17). The molecule has 0 spiro atoms. The highest BCUT2D eigenvalue weighted by Crippen LogP contribution is 2.48. The average molecular weight is 270 g/mol. The molecule has 0 amide bonds. The molecule has 0 aliphatic heterocycles. The normalized spacial score (nSPS) is 18.6. The Labute approximate surface area is 117 Å². The fourth-order valence-electron chi connectivity index (χ4n) is 2.69. The molecule has 1 aliphatic carbocycles. The number of nitrogens with zero attached hydrogens (tertiary/aromatic N) is 2. The van der Waals surface area contributed by atoms with E-state index in [2.05, 4.69) is 43.1 Å². The summed E-state index contributed by atoms with van der Waals surface area (Å²) in [5.41, 5.74) is 5.84. The van der Waals surface area contributed by atoms with Gasteiger partial charge in [0.15, 0.2) is 0 Å². The van der Waals surface area contributed by atoms with Crippen LogP contribution in [0, 0.1) is 5.41 Å². The fraction of sp³-hybridized carbons (Fsp3) is 0.929. The summed E-state index contributed by atoms with van der Waals surface area (Å²) in [5.74, 6) is 0.352. The summed E-state index contributed by atoms with van der Waals surface area (Å²) in [6.07, 6.45) is 3.05. The van der Waals surface area contributed by atoms with E-state index in [0.29, 0.717) is 24.3 Å². The van der Waals surface area contributed by atoms with Gasteiger partial charge in [-0.2, -0.15) is 0 Å². The lowest BCUT2D eigenvalue weighted by Gasteiger charge is -2.30. The number of rotatable bonds is 9. The van der Waals surface area contributed by atoms with Gasteiger partial charge in [-0.15, -0.1) is 0 Å². The Balaban J connectivity index is 2.24. The third-order valence-corrected chi connectivity index (χ3v) is 4.02. The van der Waals surface area contributed by atoms with Crippen molar-refractivity contribution in [2.45, 2.75) is 59.0 Å². The van der Waals surface area contributed by atoms with Gasteiger partial charge in [-0.3, -0.25) is 4.90 Å². The van der Waals surface area contributed by atoms with Crippen LogP contribution in [0.1, 0.15) is 47.0 Å². The molecule has 0 aromatic heterocycles. The maximum absolute atomic E-state index is 8.63. The molecule has 1 aliphatic rings. The van der Waals surface area contributed by atoms with Crippen molar-refractivity contribution >= 4 is 5.84 Å². The zero-order valence-electron chi connectivity index (χ0n) is 12.8. The summed E-state index contributed by atoms with van der Waals surface area (Å²) in [7, 11) is 0. The van der Waals surface area contributed by atoms with Gasteiger partial charge >= 0.3 is 0 Å². The van der Waals surface area contributed by atoms with E-state index in [4.69, 9.17) is 10.9 Å². The molecule has 0 bridgehead atoms.